The maximum absolute atomic E-state index is 3.61. The van der Waals surface area contributed by atoms with E-state index in [2.05, 4.69) is 54.0 Å². The van der Waals surface area contributed by atoms with Gasteiger partial charge in [0.1, 0.15) is 0 Å². The van der Waals surface area contributed by atoms with Crippen molar-refractivity contribution in [3.63, 3.8) is 0 Å². The second-order valence-electron chi connectivity index (χ2n) is 5.10. The standard InChI is InChI=1S/C16H20N2S/c1-12-6-7-14(19-12)10-17-11-16-15-5-3-2-4-13(15)8-9-18-16/h2-7,16-18H,8-11H2,1H3. The van der Waals surface area contributed by atoms with Gasteiger partial charge in [-0.2, -0.15) is 0 Å². The van der Waals surface area contributed by atoms with Gasteiger partial charge in [-0.05, 0) is 43.1 Å². The molecule has 1 aromatic heterocycles. The molecule has 3 rings (SSSR count). The molecule has 1 aromatic carbocycles. The van der Waals surface area contributed by atoms with E-state index in [1.807, 2.05) is 11.3 Å². The normalized spacial score (nSPS) is 18.3. The lowest BCUT2D eigenvalue weighted by atomic mass is 9.94. The summed E-state index contributed by atoms with van der Waals surface area (Å²) in [4.78, 5) is 2.81. The molecule has 1 aliphatic rings. The Balaban J connectivity index is 1.59. The summed E-state index contributed by atoms with van der Waals surface area (Å²) in [6.45, 7) is 5.21. The highest BCUT2D eigenvalue weighted by Crippen LogP contribution is 2.22. The number of thiophene rings is 1. The lowest BCUT2D eigenvalue weighted by Crippen LogP contribution is -2.36. The second kappa shape index (κ2) is 5.87. The molecular weight excluding hydrogens is 252 g/mol. The van der Waals surface area contributed by atoms with E-state index in [9.17, 15) is 0 Å². The Morgan fingerprint density at radius 3 is 3.00 bits per heavy atom. The average molecular weight is 272 g/mol. The predicted molar refractivity (Wildman–Crippen MR) is 81.7 cm³/mol. The van der Waals surface area contributed by atoms with Crippen molar-refractivity contribution >= 4 is 11.3 Å². The highest BCUT2D eigenvalue weighted by Gasteiger charge is 2.18. The monoisotopic (exact) mass is 272 g/mol. The SMILES string of the molecule is Cc1ccc(CNCC2NCCc3ccccc32)s1. The number of nitrogens with one attached hydrogen (secondary N) is 2. The van der Waals surface area contributed by atoms with Crippen LogP contribution in [0.5, 0.6) is 0 Å². The Morgan fingerprint density at radius 1 is 1.26 bits per heavy atom. The molecular formula is C16H20N2S. The fourth-order valence-electron chi connectivity index (χ4n) is 2.69. The van der Waals surface area contributed by atoms with Crippen molar-refractivity contribution in [1.82, 2.24) is 10.6 Å². The van der Waals surface area contributed by atoms with Crippen LogP contribution in [0.15, 0.2) is 36.4 Å². The number of rotatable bonds is 4. The van der Waals surface area contributed by atoms with Gasteiger partial charge in [0.25, 0.3) is 0 Å². The van der Waals surface area contributed by atoms with Crippen LogP contribution < -0.4 is 10.6 Å². The van der Waals surface area contributed by atoms with Crippen LogP contribution in [0.4, 0.5) is 0 Å². The molecule has 1 aliphatic heterocycles. The van der Waals surface area contributed by atoms with Gasteiger partial charge < -0.3 is 10.6 Å². The summed E-state index contributed by atoms with van der Waals surface area (Å²) in [6.07, 6.45) is 1.15. The summed E-state index contributed by atoms with van der Waals surface area (Å²) < 4.78 is 0. The van der Waals surface area contributed by atoms with Crippen LogP contribution in [0.2, 0.25) is 0 Å². The van der Waals surface area contributed by atoms with Gasteiger partial charge in [0.2, 0.25) is 0 Å². The van der Waals surface area contributed by atoms with Crippen LogP contribution in [0.25, 0.3) is 0 Å². The van der Waals surface area contributed by atoms with Gasteiger partial charge in [0.05, 0.1) is 0 Å². The highest BCUT2D eigenvalue weighted by atomic mass is 32.1. The van der Waals surface area contributed by atoms with Gasteiger partial charge in [-0.3, -0.25) is 0 Å². The maximum atomic E-state index is 3.61. The number of hydrogen-bond donors (Lipinski definition) is 2. The van der Waals surface area contributed by atoms with Crippen LogP contribution in [0.3, 0.4) is 0 Å². The maximum Gasteiger partial charge on any atom is 0.0449 e. The third kappa shape index (κ3) is 3.06. The number of fused-ring (bicyclic) bond motifs is 1. The van der Waals surface area contributed by atoms with Crippen LogP contribution in [-0.4, -0.2) is 13.1 Å². The van der Waals surface area contributed by atoms with Crippen LogP contribution in [-0.2, 0) is 13.0 Å². The van der Waals surface area contributed by atoms with Gasteiger partial charge in [0.15, 0.2) is 0 Å². The Kier molecular flexibility index (Phi) is 3.97. The van der Waals surface area contributed by atoms with Gasteiger partial charge in [0, 0.05) is 28.9 Å². The summed E-state index contributed by atoms with van der Waals surface area (Å²) >= 11 is 1.88. The molecule has 0 amide bonds. The van der Waals surface area contributed by atoms with E-state index in [0.717, 1.165) is 26.1 Å². The largest absolute Gasteiger partial charge is 0.310 e. The summed E-state index contributed by atoms with van der Waals surface area (Å²) in [6, 6.07) is 13.6. The molecule has 1 atom stereocenters. The van der Waals surface area contributed by atoms with E-state index in [0.29, 0.717) is 6.04 Å². The molecule has 0 spiro atoms. The molecule has 3 heteroatoms. The number of benzene rings is 1. The molecule has 0 fully saturated rings. The zero-order valence-electron chi connectivity index (χ0n) is 11.3. The smallest absolute Gasteiger partial charge is 0.0449 e. The molecule has 0 radical (unpaired) electrons. The minimum absolute atomic E-state index is 0.450. The van der Waals surface area contributed by atoms with Crippen molar-refractivity contribution in [2.75, 3.05) is 13.1 Å². The fourth-order valence-corrected chi connectivity index (χ4v) is 3.55. The first-order valence-electron chi connectivity index (χ1n) is 6.90. The molecule has 0 saturated carbocycles. The van der Waals surface area contributed by atoms with E-state index in [-0.39, 0.29) is 0 Å². The zero-order chi connectivity index (χ0) is 13.1. The second-order valence-corrected chi connectivity index (χ2v) is 6.47. The van der Waals surface area contributed by atoms with Gasteiger partial charge in [-0.15, -0.1) is 11.3 Å². The topological polar surface area (TPSA) is 24.1 Å². The van der Waals surface area contributed by atoms with E-state index in [4.69, 9.17) is 0 Å². The van der Waals surface area contributed by atoms with Crippen LogP contribution in [0.1, 0.15) is 26.9 Å². The third-order valence-electron chi connectivity index (χ3n) is 3.66. The van der Waals surface area contributed by atoms with Crippen molar-refractivity contribution in [3.05, 3.63) is 57.3 Å². The molecule has 0 bridgehead atoms. The van der Waals surface area contributed by atoms with Crippen molar-refractivity contribution in [2.24, 2.45) is 0 Å². The van der Waals surface area contributed by atoms with E-state index in [1.165, 1.54) is 20.9 Å². The molecule has 19 heavy (non-hydrogen) atoms. The molecule has 1 unspecified atom stereocenters. The van der Waals surface area contributed by atoms with Gasteiger partial charge in [-0.25, -0.2) is 0 Å². The highest BCUT2D eigenvalue weighted by molar-refractivity contribution is 7.11. The van der Waals surface area contributed by atoms with E-state index >= 15 is 0 Å². The van der Waals surface area contributed by atoms with E-state index < -0.39 is 0 Å². The Morgan fingerprint density at radius 2 is 2.16 bits per heavy atom. The molecule has 0 aliphatic carbocycles. The van der Waals surface area contributed by atoms with Crippen LogP contribution in [0, 0.1) is 6.92 Å². The number of aryl methyl sites for hydroxylation is 1. The lowest BCUT2D eigenvalue weighted by Gasteiger charge is -2.27. The summed E-state index contributed by atoms with van der Waals surface area (Å²) in [5, 5.41) is 7.18. The predicted octanol–water partition coefficient (Wildman–Crippen LogP) is 3.03. The van der Waals surface area contributed by atoms with E-state index in [1.54, 1.807) is 0 Å². The number of hydrogen-bond acceptors (Lipinski definition) is 3. The lowest BCUT2D eigenvalue weighted by molar-refractivity contribution is 0.469. The van der Waals surface area contributed by atoms with Gasteiger partial charge in [-0.1, -0.05) is 24.3 Å². The summed E-state index contributed by atoms with van der Waals surface area (Å²) in [5.41, 5.74) is 2.96. The van der Waals surface area contributed by atoms with Crippen molar-refractivity contribution in [2.45, 2.75) is 25.9 Å². The zero-order valence-corrected chi connectivity index (χ0v) is 12.1. The average Bonchev–Trinajstić information content (AvgIpc) is 2.85. The first kappa shape index (κ1) is 12.9. The first-order chi connectivity index (χ1) is 9.33. The van der Waals surface area contributed by atoms with Gasteiger partial charge >= 0.3 is 0 Å². The van der Waals surface area contributed by atoms with Crippen molar-refractivity contribution in [3.8, 4) is 0 Å². The molecule has 2 N–H and O–H groups in total. The Labute approximate surface area is 118 Å². The molecule has 2 nitrogen and oxygen atoms in total. The van der Waals surface area contributed by atoms with Crippen molar-refractivity contribution in [1.29, 1.82) is 0 Å². The summed E-state index contributed by atoms with van der Waals surface area (Å²) in [5.74, 6) is 0. The fraction of sp³-hybridized carbons (Fsp3) is 0.375. The minimum atomic E-state index is 0.450. The Bertz CT molecular complexity index is 547. The third-order valence-corrected chi connectivity index (χ3v) is 4.66. The quantitative estimate of drug-likeness (QED) is 0.894. The molecule has 2 heterocycles. The first-order valence-corrected chi connectivity index (χ1v) is 7.72. The van der Waals surface area contributed by atoms with Crippen LogP contribution >= 0.6 is 11.3 Å². The minimum Gasteiger partial charge on any atom is -0.310 e. The molecule has 2 aromatic rings. The summed E-state index contributed by atoms with van der Waals surface area (Å²) in [7, 11) is 0. The molecule has 0 saturated heterocycles. The Hall–Kier alpha value is -1.16. The van der Waals surface area contributed by atoms with Crippen molar-refractivity contribution < 1.29 is 0 Å². The molecule has 100 valence electrons.